The van der Waals surface area contributed by atoms with E-state index in [2.05, 4.69) is 5.32 Å². The van der Waals surface area contributed by atoms with Gasteiger partial charge in [-0.05, 0) is 44.9 Å². The fourth-order valence-electron chi connectivity index (χ4n) is 2.50. The number of alkyl halides is 2. The first kappa shape index (κ1) is 16.3. The highest BCUT2D eigenvalue weighted by Gasteiger charge is 2.32. The van der Waals surface area contributed by atoms with E-state index in [-0.39, 0.29) is 30.8 Å². The molecule has 3 nitrogen and oxygen atoms in total. The molecule has 1 aliphatic carbocycles. The maximum Gasteiger partial charge on any atom is 0.248 e. The molecule has 2 unspecified atom stereocenters. The highest BCUT2D eigenvalue weighted by molar-refractivity contribution is 5.76. The van der Waals surface area contributed by atoms with Crippen molar-refractivity contribution in [3.05, 3.63) is 0 Å². The zero-order valence-electron chi connectivity index (χ0n) is 11.6. The highest BCUT2D eigenvalue weighted by atomic mass is 19.3. The number of aliphatic hydroxyl groups excluding tert-OH is 1. The largest absolute Gasteiger partial charge is 0.393 e. The van der Waals surface area contributed by atoms with E-state index in [0.29, 0.717) is 32.2 Å². The van der Waals surface area contributed by atoms with E-state index in [9.17, 15) is 13.6 Å². The van der Waals surface area contributed by atoms with Gasteiger partial charge in [-0.3, -0.25) is 4.79 Å². The van der Waals surface area contributed by atoms with Gasteiger partial charge in [0.2, 0.25) is 11.8 Å². The molecule has 1 rings (SSSR count). The van der Waals surface area contributed by atoms with Crippen molar-refractivity contribution < 1.29 is 18.7 Å². The van der Waals surface area contributed by atoms with Gasteiger partial charge in [0.25, 0.3) is 0 Å². The van der Waals surface area contributed by atoms with Crippen molar-refractivity contribution >= 4 is 5.91 Å². The summed E-state index contributed by atoms with van der Waals surface area (Å²) in [6.45, 7) is 2.26. The second-order valence-electron chi connectivity index (χ2n) is 5.70. The monoisotopic (exact) mass is 277 g/mol. The van der Waals surface area contributed by atoms with Gasteiger partial charge in [-0.15, -0.1) is 0 Å². The molecule has 0 bridgehead atoms. The number of nitrogens with one attached hydrogen (secondary N) is 1. The number of amides is 1. The van der Waals surface area contributed by atoms with Gasteiger partial charge >= 0.3 is 0 Å². The predicted octanol–water partition coefficient (Wildman–Crippen LogP) is 2.87. The Morgan fingerprint density at radius 1 is 1.42 bits per heavy atom. The van der Waals surface area contributed by atoms with E-state index in [1.54, 1.807) is 6.92 Å². The Balaban J connectivity index is 2.17. The van der Waals surface area contributed by atoms with E-state index in [1.807, 2.05) is 0 Å². The van der Waals surface area contributed by atoms with E-state index >= 15 is 0 Å². The van der Waals surface area contributed by atoms with Crippen LogP contribution in [0.15, 0.2) is 0 Å². The van der Waals surface area contributed by atoms with Crippen molar-refractivity contribution in [3.8, 4) is 0 Å². The molecule has 2 N–H and O–H groups in total. The van der Waals surface area contributed by atoms with Gasteiger partial charge in [0.15, 0.2) is 0 Å². The average molecular weight is 277 g/mol. The summed E-state index contributed by atoms with van der Waals surface area (Å²) >= 11 is 0. The molecule has 0 aliphatic heterocycles. The molecule has 5 heteroatoms. The molecule has 0 saturated heterocycles. The van der Waals surface area contributed by atoms with E-state index in [4.69, 9.17) is 5.11 Å². The van der Waals surface area contributed by atoms with Crippen LogP contribution in [-0.2, 0) is 4.79 Å². The number of carbonyl (C=O) groups excluding carboxylic acids is 1. The molecule has 1 amide bonds. The maximum atomic E-state index is 13.2. The maximum absolute atomic E-state index is 13.2. The molecule has 0 aromatic carbocycles. The van der Waals surface area contributed by atoms with Crippen LogP contribution in [0.2, 0.25) is 0 Å². The van der Waals surface area contributed by atoms with Crippen LogP contribution in [0.1, 0.15) is 58.3 Å². The first-order valence-corrected chi connectivity index (χ1v) is 7.21. The Morgan fingerprint density at radius 3 is 2.84 bits per heavy atom. The van der Waals surface area contributed by atoms with Crippen LogP contribution in [0.5, 0.6) is 0 Å². The van der Waals surface area contributed by atoms with Crippen LogP contribution in [0.4, 0.5) is 8.78 Å². The third-order valence-corrected chi connectivity index (χ3v) is 3.67. The molecule has 19 heavy (non-hydrogen) atoms. The lowest BCUT2D eigenvalue weighted by molar-refractivity contribution is -0.122. The van der Waals surface area contributed by atoms with Crippen LogP contribution in [-0.4, -0.2) is 29.6 Å². The SMILES string of the molecule is CC(O)CCCNC(=O)CC1CCCC(F)(F)CC1. The molecule has 2 atom stereocenters. The Labute approximate surface area is 113 Å². The minimum absolute atomic E-state index is 0.0422. The van der Waals surface area contributed by atoms with Crippen molar-refractivity contribution in [3.63, 3.8) is 0 Å². The fraction of sp³-hybridized carbons (Fsp3) is 0.929. The molecule has 0 radical (unpaired) electrons. The van der Waals surface area contributed by atoms with Gasteiger partial charge in [0.05, 0.1) is 6.10 Å². The van der Waals surface area contributed by atoms with E-state index in [1.165, 1.54) is 0 Å². The minimum atomic E-state index is -2.54. The van der Waals surface area contributed by atoms with Crippen LogP contribution < -0.4 is 5.32 Å². The fourth-order valence-corrected chi connectivity index (χ4v) is 2.50. The van der Waals surface area contributed by atoms with Gasteiger partial charge in [0, 0.05) is 25.8 Å². The van der Waals surface area contributed by atoms with Gasteiger partial charge in [-0.25, -0.2) is 8.78 Å². The molecule has 112 valence electrons. The zero-order chi connectivity index (χ0) is 14.3. The topological polar surface area (TPSA) is 49.3 Å². The third kappa shape index (κ3) is 7.45. The molecule has 0 aromatic rings. The van der Waals surface area contributed by atoms with Crippen LogP contribution in [0.3, 0.4) is 0 Å². The zero-order valence-corrected chi connectivity index (χ0v) is 11.6. The molecule has 0 aromatic heterocycles. The Morgan fingerprint density at radius 2 is 2.16 bits per heavy atom. The second-order valence-corrected chi connectivity index (χ2v) is 5.70. The first-order chi connectivity index (χ1) is 8.89. The third-order valence-electron chi connectivity index (χ3n) is 3.67. The first-order valence-electron chi connectivity index (χ1n) is 7.21. The van der Waals surface area contributed by atoms with E-state index < -0.39 is 5.92 Å². The van der Waals surface area contributed by atoms with Crippen LogP contribution >= 0.6 is 0 Å². The molecule has 0 heterocycles. The molecule has 1 aliphatic rings. The number of halogens is 2. The normalized spacial score (nSPS) is 24.5. The van der Waals surface area contributed by atoms with Gasteiger partial charge in [0.1, 0.15) is 0 Å². The molecular formula is C14H25F2NO2. The van der Waals surface area contributed by atoms with Gasteiger partial charge in [-0.2, -0.15) is 0 Å². The van der Waals surface area contributed by atoms with Crippen molar-refractivity contribution in [2.24, 2.45) is 5.92 Å². The average Bonchev–Trinajstić information content (AvgIpc) is 2.46. The minimum Gasteiger partial charge on any atom is -0.393 e. The predicted molar refractivity (Wildman–Crippen MR) is 70.1 cm³/mol. The van der Waals surface area contributed by atoms with Crippen molar-refractivity contribution in [1.29, 1.82) is 0 Å². The van der Waals surface area contributed by atoms with Gasteiger partial charge < -0.3 is 10.4 Å². The van der Waals surface area contributed by atoms with Crippen LogP contribution in [0.25, 0.3) is 0 Å². The van der Waals surface area contributed by atoms with Crippen LogP contribution in [0, 0.1) is 5.92 Å². The van der Waals surface area contributed by atoms with Crippen molar-refractivity contribution in [1.82, 2.24) is 5.32 Å². The second kappa shape index (κ2) is 7.78. The number of hydrogen-bond acceptors (Lipinski definition) is 2. The highest BCUT2D eigenvalue weighted by Crippen LogP contribution is 2.35. The molecule has 1 saturated carbocycles. The number of hydrogen-bond donors (Lipinski definition) is 2. The summed E-state index contributed by atoms with van der Waals surface area (Å²) in [4.78, 5) is 11.7. The summed E-state index contributed by atoms with van der Waals surface area (Å²) < 4.78 is 26.4. The summed E-state index contributed by atoms with van der Waals surface area (Å²) in [6.07, 6.45) is 2.94. The summed E-state index contributed by atoms with van der Waals surface area (Å²) in [7, 11) is 0. The smallest absolute Gasteiger partial charge is 0.248 e. The lowest BCUT2D eigenvalue weighted by Crippen LogP contribution is -2.27. The molecule has 0 spiro atoms. The molecule has 1 fully saturated rings. The Bertz CT molecular complexity index is 283. The number of rotatable bonds is 6. The number of carbonyl (C=O) groups is 1. The molecular weight excluding hydrogens is 252 g/mol. The Kier molecular flexibility index (Phi) is 6.69. The summed E-state index contributed by atoms with van der Waals surface area (Å²) in [5, 5.41) is 11.9. The summed E-state index contributed by atoms with van der Waals surface area (Å²) in [5.41, 5.74) is 0. The number of aliphatic hydroxyl groups is 1. The van der Waals surface area contributed by atoms with Crippen molar-refractivity contribution in [2.45, 2.75) is 70.3 Å². The Hall–Kier alpha value is -0.710. The lowest BCUT2D eigenvalue weighted by atomic mass is 9.96. The van der Waals surface area contributed by atoms with Crippen molar-refractivity contribution in [2.75, 3.05) is 6.54 Å². The quantitative estimate of drug-likeness (QED) is 0.579. The standard InChI is InChI=1S/C14H25F2NO2/c1-11(18)4-3-9-17-13(19)10-12-5-2-7-14(15,16)8-6-12/h11-12,18H,2-10H2,1H3,(H,17,19). The lowest BCUT2D eigenvalue weighted by Gasteiger charge is -2.14. The summed E-state index contributed by atoms with van der Waals surface area (Å²) in [5.74, 6) is -2.51. The summed E-state index contributed by atoms with van der Waals surface area (Å²) in [6, 6.07) is 0. The van der Waals surface area contributed by atoms with Gasteiger partial charge in [-0.1, -0.05) is 0 Å². The van der Waals surface area contributed by atoms with E-state index in [0.717, 1.165) is 12.8 Å².